The Bertz CT molecular complexity index is 850. The molecule has 0 amide bonds. The molecule has 24 heavy (non-hydrogen) atoms. The molecule has 0 bridgehead atoms. The average molecular weight is 423 g/mol. The summed E-state index contributed by atoms with van der Waals surface area (Å²) in [5, 5.41) is 11.5. The van der Waals surface area contributed by atoms with Gasteiger partial charge in [0.05, 0.1) is 6.54 Å². The smallest absolute Gasteiger partial charge is 0.248 e. The summed E-state index contributed by atoms with van der Waals surface area (Å²) in [6.07, 6.45) is 1.63. The van der Waals surface area contributed by atoms with Crippen LogP contribution in [0.25, 0.3) is 0 Å². The standard InChI is InChI=1S/C16H13BrClN5S/c17-12-5-7-13(8-6-12)20-16(24)21-15-19-10-23(22-15)9-11-3-1-2-4-14(11)18/h1-8,10H,9H2,(H2,20,21,22,24). The third-order valence-electron chi connectivity index (χ3n) is 3.15. The van der Waals surface area contributed by atoms with E-state index in [0.717, 1.165) is 15.7 Å². The zero-order valence-electron chi connectivity index (χ0n) is 12.4. The van der Waals surface area contributed by atoms with Gasteiger partial charge in [0.1, 0.15) is 6.33 Å². The van der Waals surface area contributed by atoms with Crippen LogP contribution in [0.1, 0.15) is 5.56 Å². The van der Waals surface area contributed by atoms with Crippen LogP contribution in [-0.4, -0.2) is 19.9 Å². The number of hydrogen-bond donors (Lipinski definition) is 2. The molecule has 0 aliphatic rings. The van der Waals surface area contributed by atoms with E-state index in [1.807, 2.05) is 48.5 Å². The summed E-state index contributed by atoms with van der Waals surface area (Å²) in [5.74, 6) is 0.427. The van der Waals surface area contributed by atoms with E-state index in [0.29, 0.717) is 22.6 Å². The summed E-state index contributed by atoms with van der Waals surface area (Å²) in [6, 6.07) is 15.3. The number of nitrogens with one attached hydrogen (secondary N) is 2. The third-order valence-corrected chi connectivity index (χ3v) is 4.26. The van der Waals surface area contributed by atoms with Crippen LogP contribution in [0.3, 0.4) is 0 Å². The van der Waals surface area contributed by atoms with E-state index in [1.165, 1.54) is 0 Å². The molecule has 0 aliphatic carbocycles. The first kappa shape index (κ1) is 16.9. The topological polar surface area (TPSA) is 54.8 Å². The molecule has 2 N–H and O–H groups in total. The number of halogens is 2. The molecule has 1 heterocycles. The van der Waals surface area contributed by atoms with E-state index in [-0.39, 0.29) is 0 Å². The highest BCUT2D eigenvalue weighted by atomic mass is 79.9. The predicted octanol–water partition coefficient (Wildman–Crippen LogP) is 4.55. The average Bonchev–Trinajstić information content (AvgIpc) is 2.99. The molecular formula is C16H13BrClN5S. The van der Waals surface area contributed by atoms with E-state index < -0.39 is 0 Å². The highest BCUT2D eigenvalue weighted by Crippen LogP contribution is 2.16. The lowest BCUT2D eigenvalue weighted by Gasteiger charge is -2.08. The molecule has 8 heteroatoms. The minimum absolute atomic E-state index is 0.424. The van der Waals surface area contributed by atoms with E-state index in [4.69, 9.17) is 23.8 Å². The summed E-state index contributed by atoms with van der Waals surface area (Å²) < 4.78 is 2.71. The van der Waals surface area contributed by atoms with Gasteiger partial charge in [-0.15, -0.1) is 5.10 Å². The van der Waals surface area contributed by atoms with Gasteiger partial charge < -0.3 is 5.32 Å². The second-order valence-electron chi connectivity index (χ2n) is 4.94. The minimum atomic E-state index is 0.424. The maximum atomic E-state index is 6.16. The summed E-state index contributed by atoms with van der Waals surface area (Å²) in [7, 11) is 0. The SMILES string of the molecule is S=C(Nc1ccc(Br)cc1)Nc1ncn(Cc2ccccc2Cl)n1. The van der Waals surface area contributed by atoms with Gasteiger partial charge in [0.15, 0.2) is 5.11 Å². The van der Waals surface area contributed by atoms with E-state index in [9.17, 15) is 0 Å². The van der Waals surface area contributed by atoms with Gasteiger partial charge in [0.25, 0.3) is 0 Å². The quantitative estimate of drug-likeness (QED) is 0.604. The van der Waals surface area contributed by atoms with Crippen molar-refractivity contribution in [3.63, 3.8) is 0 Å². The number of aromatic nitrogens is 3. The number of rotatable bonds is 4. The van der Waals surface area contributed by atoms with Gasteiger partial charge in [-0.05, 0) is 48.1 Å². The minimum Gasteiger partial charge on any atom is -0.332 e. The van der Waals surface area contributed by atoms with Crippen molar-refractivity contribution in [3.8, 4) is 0 Å². The lowest BCUT2D eigenvalue weighted by atomic mass is 10.2. The predicted molar refractivity (Wildman–Crippen MR) is 105 cm³/mol. The normalized spacial score (nSPS) is 10.4. The van der Waals surface area contributed by atoms with Crippen LogP contribution in [0.5, 0.6) is 0 Å². The summed E-state index contributed by atoms with van der Waals surface area (Å²) in [6.45, 7) is 0.543. The zero-order chi connectivity index (χ0) is 16.9. The molecule has 0 aliphatic heterocycles. The summed E-state index contributed by atoms with van der Waals surface area (Å²) >= 11 is 14.8. The monoisotopic (exact) mass is 421 g/mol. The fourth-order valence-corrected chi connectivity index (χ4v) is 2.70. The molecule has 0 fully saturated rings. The first-order valence-corrected chi connectivity index (χ1v) is 8.64. The van der Waals surface area contributed by atoms with Crippen LogP contribution in [0, 0.1) is 0 Å². The van der Waals surface area contributed by atoms with Crippen LogP contribution < -0.4 is 10.6 Å². The molecular weight excluding hydrogens is 410 g/mol. The van der Waals surface area contributed by atoms with Crippen molar-refractivity contribution in [2.75, 3.05) is 10.6 Å². The Hall–Kier alpha value is -1.96. The van der Waals surface area contributed by atoms with Crippen molar-refractivity contribution in [1.29, 1.82) is 0 Å². The highest BCUT2D eigenvalue weighted by molar-refractivity contribution is 9.10. The van der Waals surface area contributed by atoms with Crippen molar-refractivity contribution in [2.24, 2.45) is 0 Å². The van der Waals surface area contributed by atoms with Gasteiger partial charge >= 0.3 is 0 Å². The van der Waals surface area contributed by atoms with E-state index >= 15 is 0 Å². The molecule has 2 aromatic carbocycles. The number of anilines is 2. The number of thiocarbonyl (C=S) groups is 1. The van der Waals surface area contributed by atoms with Crippen LogP contribution in [0.15, 0.2) is 59.3 Å². The number of nitrogens with zero attached hydrogens (tertiary/aromatic N) is 3. The molecule has 0 saturated carbocycles. The fraction of sp³-hybridized carbons (Fsp3) is 0.0625. The number of hydrogen-bond acceptors (Lipinski definition) is 3. The van der Waals surface area contributed by atoms with Crippen molar-refractivity contribution in [3.05, 3.63) is 69.9 Å². The van der Waals surface area contributed by atoms with Gasteiger partial charge in [-0.25, -0.2) is 9.67 Å². The van der Waals surface area contributed by atoms with E-state index in [2.05, 4.69) is 36.6 Å². The summed E-state index contributed by atoms with van der Waals surface area (Å²) in [4.78, 5) is 4.20. The molecule has 0 radical (unpaired) electrons. The van der Waals surface area contributed by atoms with Crippen LogP contribution in [-0.2, 0) is 6.54 Å². The maximum Gasteiger partial charge on any atom is 0.248 e. The molecule has 122 valence electrons. The second kappa shape index (κ2) is 7.74. The Morgan fingerprint density at radius 1 is 1.12 bits per heavy atom. The van der Waals surface area contributed by atoms with Crippen molar-refractivity contribution in [2.45, 2.75) is 6.54 Å². The number of benzene rings is 2. The molecule has 3 aromatic rings. The van der Waals surface area contributed by atoms with Crippen LogP contribution in [0.2, 0.25) is 5.02 Å². The largest absolute Gasteiger partial charge is 0.332 e. The zero-order valence-corrected chi connectivity index (χ0v) is 15.6. The molecule has 3 rings (SSSR count). The Labute approximate surface area is 158 Å². The molecule has 0 atom stereocenters. The van der Waals surface area contributed by atoms with Crippen LogP contribution >= 0.6 is 39.7 Å². The Morgan fingerprint density at radius 2 is 1.88 bits per heavy atom. The Balaban J connectivity index is 1.60. The van der Waals surface area contributed by atoms with Gasteiger partial charge in [-0.3, -0.25) is 5.32 Å². The first-order chi connectivity index (χ1) is 11.6. The lowest BCUT2D eigenvalue weighted by Crippen LogP contribution is -2.20. The molecule has 5 nitrogen and oxygen atoms in total. The lowest BCUT2D eigenvalue weighted by molar-refractivity contribution is 0.687. The van der Waals surface area contributed by atoms with Crippen molar-refractivity contribution < 1.29 is 0 Å². The highest BCUT2D eigenvalue weighted by Gasteiger charge is 2.06. The molecule has 0 unspecified atom stereocenters. The molecule has 0 spiro atoms. The summed E-state index contributed by atoms with van der Waals surface area (Å²) in [5.41, 5.74) is 1.86. The first-order valence-electron chi connectivity index (χ1n) is 7.06. The molecule has 0 saturated heterocycles. The van der Waals surface area contributed by atoms with Crippen molar-refractivity contribution >= 4 is 56.5 Å². The van der Waals surface area contributed by atoms with Gasteiger partial charge in [-0.1, -0.05) is 45.7 Å². The second-order valence-corrected chi connectivity index (χ2v) is 6.67. The third kappa shape index (κ3) is 4.53. The maximum absolute atomic E-state index is 6.16. The fourth-order valence-electron chi connectivity index (χ4n) is 2.03. The van der Waals surface area contributed by atoms with Gasteiger partial charge in [0.2, 0.25) is 5.95 Å². The van der Waals surface area contributed by atoms with Crippen molar-refractivity contribution in [1.82, 2.24) is 14.8 Å². The Kier molecular flexibility index (Phi) is 5.44. The van der Waals surface area contributed by atoms with E-state index in [1.54, 1.807) is 11.0 Å². The van der Waals surface area contributed by atoms with Gasteiger partial charge in [0, 0.05) is 15.2 Å². The Morgan fingerprint density at radius 3 is 2.62 bits per heavy atom. The van der Waals surface area contributed by atoms with Crippen LogP contribution in [0.4, 0.5) is 11.6 Å². The molecule has 1 aromatic heterocycles. The van der Waals surface area contributed by atoms with Gasteiger partial charge in [-0.2, -0.15) is 0 Å².